The van der Waals surface area contributed by atoms with E-state index in [1.807, 2.05) is 24.3 Å². The summed E-state index contributed by atoms with van der Waals surface area (Å²) in [5, 5.41) is 9.26. The Kier molecular flexibility index (Phi) is 18.1. The van der Waals surface area contributed by atoms with Crippen molar-refractivity contribution >= 4 is 35.5 Å². The Balaban J connectivity index is 0.937. The largest absolute Gasteiger partial charge is 0.519 e. The molecular formula is C56H60ClFN4O10. The predicted octanol–water partition coefficient (Wildman–Crippen LogP) is 10.8. The van der Waals surface area contributed by atoms with Crippen LogP contribution in [0.4, 0.5) is 4.39 Å². The van der Waals surface area contributed by atoms with Gasteiger partial charge in [-0.1, -0.05) is 129 Å². The van der Waals surface area contributed by atoms with Crippen molar-refractivity contribution < 1.29 is 46.6 Å². The molecule has 0 fully saturated rings. The van der Waals surface area contributed by atoms with E-state index >= 15 is 0 Å². The van der Waals surface area contributed by atoms with E-state index in [1.165, 1.54) is 7.11 Å². The van der Waals surface area contributed by atoms with Crippen LogP contribution in [-0.4, -0.2) is 48.7 Å². The minimum Gasteiger partial charge on any atom is -0.477 e. The van der Waals surface area contributed by atoms with Crippen molar-refractivity contribution in [1.82, 2.24) is 20.5 Å². The van der Waals surface area contributed by atoms with Gasteiger partial charge in [0.25, 0.3) is 5.91 Å². The highest BCUT2D eigenvalue weighted by molar-refractivity contribution is 6.31. The van der Waals surface area contributed by atoms with Crippen LogP contribution >= 0.6 is 11.6 Å². The van der Waals surface area contributed by atoms with Crippen LogP contribution in [0.3, 0.4) is 0 Å². The average Bonchev–Trinajstić information content (AvgIpc) is 3.91. The maximum atomic E-state index is 14.8. The van der Waals surface area contributed by atoms with Crippen molar-refractivity contribution in [1.29, 1.82) is 0 Å². The quantitative estimate of drug-likeness (QED) is 0.0321. The Morgan fingerprint density at radius 3 is 2.31 bits per heavy atom. The first-order chi connectivity index (χ1) is 34.8. The number of allylic oxidation sites excluding steroid dienone is 5. The number of aromatic nitrogens is 1. The van der Waals surface area contributed by atoms with Gasteiger partial charge < -0.3 is 43.6 Å². The second kappa shape index (κ2) is 24.7. The zero-order chi connectivity index (χ0) is 51.3. The molecule has 0 radical (unpaired) electrons. The molecule has 0 saturated carbocycles. The zero-order valence-electron chi connectivity index (χ0n) is 41.2. The lowest BCUT2D eigenvalue weighted by molar-refractivity contribution is -0.145. The third-order valence-corrected chi connectivity index (χ3v) is 12.8. The van der Waals surface area contributed by atoms with Gasteiger partial charge >= 0.3 is 23.8 Å². The lowest BCUT2D eigenvalue weighted by atomic mass is 9.82. The minimum atomic E-state index is -1.83. The molecular weight excluding hydrogens is 943 g/mol. The summed E-state index contributed by atoms with van der Waals surface area (Å²) in [6.07, 6.45) is 11.0. The number of nitrogens with one attached hydrogen (secondary N) is 3. The Labute approximate surface area is 422 Å². The summed E-state index contributed by atoms with van der Waals surface area (Å²) in [7, 11) is 1.18. The summed E-state index contributed by atoms with van der Waals surface area (Å²) in [4.78, 5) is 64.8. The van der Waals surface area contributed by atoms with Crippen molar-refractivity contribution in [3.05, 3.63) is 175 Å². The lowest BCUT2D eigenvalue weighted by Gasteiger charge is -2.30. The number of methoxy groups -OCH3 is 1. The van der Waals surface area contributed by atoms with Gasteiger partial charge in [-0.2, -0.15) is 4.39 Å². The standard InChI is InChI=1S/C56H60ClFN4O10/c1-34(2)50-48(53(65)61-39-20-12-9-13-21-39)46(37-18-10-8-11-19-37)51(38-27-25-35(3)26-28-38)62(50)30-17-7-6-14-24-44(63)70-33-43-42(71-56(67)72-43)32-59-29-31-69-54-49(52(58)64)47(40-22-15-16-23-41(40)57)45(36(4)60-54)55(66)68-5/h8,10-12,15-16,18-23,25-28,34,47,59-60H,6-7,9,13-14,17,24,29-33H2,1-5H3,(H,61,65). The van der Waals surface area contributed by atoms with Gasteiger partial charge in [-0.3, -0.25) is 14.4 Å². The molecule has 16 heteroatoms. The summed E-state index contributed by atoms with van der Waals surface area (Å²) in [5.41, 5.74) is 7.58. The molecule has 1 amide bonds. The van der Waals surface area contributed by atoms with Crippen LogP contribution in [0.2, 0.25) is 5.02 Å². The van der Waals surface area contributed by atoms with Gasteiger partial charge in [-0.05, 0) is 74.3 Å². The van der Waals surface area contributed by atoms with Crippen LogP contribution in [0, 0.1) is 6.92 Å². The molecule has 2 aromatic heterocycles. The number of halogens is 2. The number of hydrogen-bond donors (Lipinski definition) is 3. The van der Waals surface area contributed by atoms with Gasteiger partial charge in [-0.25, -0.2) is 9.59 Å². The summed E-state index contributed by atoms with van der Waals surface area (Å²) in [5.74, 6) is -3.59. The normalized spacial score (nSPS) is 14.6. The van der Waals surface area contributed by atoms with E-state index in [9.17, 15) is 28.4 Å². The van der Waals surface area contributed by atoms with Crippen molar-refractivity contribution in [3.63, 3.8) is 0 Å². The van der Waals surface area contributed by atoms with Gasteiger partial charge in [0.2, 0.25) is 5.88 Å². The number of nitrogens with zero attached hydrogens (tertiary/aromatic N) is 1. The number of amides is 1. The van der Waals surface area contributed by atoms with Crippen LogP contribution in [0.5, 0.6) is 0 Å². The molecule has 3 heterocycles. The molecule has 7 rings (SSSR count). The highest BCUT2D eigenvalue weighted by atomic mass is 35.5. The number of benzene rings is 3. The third-order valence-electron chi connectivity index (χ3n) is 12.5. The molecule has 1 unspecified atom stereocenters. The topological polar surface area (TPSA) is 180 Å². The molecule has 0 spiro atoms. The monoisotopic (exact) mass is 1000 g/mol. The van der Waals surface area contributed by atoms with E-state index in [4.69, 9.17) is 34.6 Å². The molecule has 378 valence electrons. The fourth-order valence-corrected chi connectivity index (χ4v) is 9.37. The fraction of sp³-hybridized carbons (Fsp3) is 0.339. The summed E-state index contributed by atoms with van der Waals surface area (Å²) < 4.78 is 43.8. The minimum absolute atomic E-state index is 0.000973. The molecule has 2 aliphatic rings. The number of esters is 2. The van der Waals surface area contributed by atoms with E-state index < -0.39 is 35.3 Å². The van der Waals surface area contributed by atoms with Gasteiger partial charge in [0.15, 0.2) is 18.1 Å². The predicted molar refractivity (Wildman–Crippen MR) is 271 cm³/mol. The van der Waals surface area contributed by atoms with Crippen LogP contribution in [0.1, 0.15) is 116 Å². The number of carbonyl (C=O) groups is 4. The summed E-state index contributed by atoms with van der Waals surface area (Å²) in [6, 6.07) is 23.1. The molecule has 0 saturated heterocycles. The summed E-state index contributed by atoms with van der Waals surface area (Å²) >= 11 is 6.45. The number of carbonyl (C=O) groups excluding carboxylic acids is 4. The zero-order valence-corrected chi connectivity index (χ0v) is 41.9. The Hall–Kier alpha value is -7.23. The smallest absolute Gasteiger partial charge is 0.477 e. The van der Waals surface area contributed by atoms with E-state index in [0.717, 1.165) is 71.4 Å². The van der Waals surface area contributed by atoms with Crippen molar-refractivity contribution in [2.45, 2.75) is 104 Å². The maximum Gasteiger partial charge on any atom is 0.519 e. The molecule has 1 aliphatic carbocycles. The molecule has 1 atom stereocenters. The molecule has 1 aliphatic heterocycles. The van der Waals surface area contributed by atoms with E-state index in [2.05, 4.69) is 89.8 Å². The van der Waals surface area contributed by atoms with Crippen LogP contribution in [0.15, 0.2) is 139 Å². The van der Waals surface area contributed by atoms with Crippen molar-refractivity contribution in [2.75, 3.05) is 20.3 Å². The first-order valence-electron chi connectivity index (χ1n) is 24.2. The first kappa shape index (κ1) is 52.6. The van der Waals surface area contributed by atoms with Crippen molar-refractivity contribution in [3.8, 4) is 22.4 Å². The molecule has 3 aromatic carbocycles. The van der Waals surface area contributed by atoms with Crippen LogP contribution < -0.4 is 21.8 Å². The lowest BCUT2D eigenvalue weighted by Crippen LogP contribution is -2.33. The molecule has 72 heavy (non-hydrogen) atoms. The molecule has 14 nitrogen and oxygen atoms in total. The number of ether oxygens (including phenoxy) is 3. The Morgan fingerprint density at radius 2 is 1.61 bits per heavy atom. The van der Waals surface area contributed by atoms with Gasteiger partial charge in [-0.15, -0.1) is 0 Å². The summed E-state index contributed by atoms with van der Waals surface area (Å²) in [6.45, 7) is 8.21. The van der Waals surface area contributed by atoms with E-state index in [1.54, 1.807) is 31.2 Å². The number of dihydropyridines is 1. The molecule has 0 bridgehead atoms. The Bertz CT molecular complexity index is 2960. The fourth-order valence-electron chi connectivity index (χ4n) is 9.13. The number of unbranched alkanes of at least 4 members (excludes halogenated alkanes) is 3. The highest BCUT2D eigenvalue weighted by Crippen LogP contribution is 2.44. The highest BCUT2D eigenvalue weighted by Gasteiger charge is 2.40. The number of hydrogen-bond acceptors (Lipinski definition) is 12. The SMILES string of the molecule is COC(=O)C1=C(C)NC(OCCNCc2oc(=O)oc2COC(=O)CCCCCCn2c(-c3ccc(C)cc3)c(-c3ccccc3)c(C(=O)NC3=CCCC=C3)c2C(C)C)=C(C(=O)F)C1c1ccccc1Cl. The van der Waals surface area contributed by atoms with Gasteiger partial charge in [0.05, 0.1) is 36.4 Å². The van der Waals surface area contributed by atoms with Gasteiger partial charge in [0, 0.05) is 47.2 Å². The van der Waals surface area contributed by atoms with Crippen LogP contribution in [-0.2, 0) is 48.3 Å². The Morgan fingerprint density at radius 1 is 0.889 bits per heavy atom. The van der Waals surface area contributed by atoms with E-state index in [0.29, 0.717) is 24.1 Å². The maximum absolute atomic E-state index is 14.8. The molecule has 5 aromatic rings. The first-order valence-corrected chi connectivity index (χ1v) is 24.6. The van der Waals surface area contributed by atoms with Gasteiger partial charge in [0.1, 0.15) is 12.2 Å². The molecule has 3 N–H and O–H groups in total. The number of aryl methyl sites for hydroxylation is 1. The van der Waals surface area contributed by atoms with E-state index in [-0.39, 0.29) is 78.2 Å². The third kappa shape index (κ3) is 12.6. The second-order valence-electron chi connectivity index (χ2n) is 17.9. The van der Waals surface area contributed by atoms with Crippen LogP contribution in [0.25, 0.3) is 22.4 Å². The average molecular weight is 1000 g/mol. The van der Waals surface area contributed by atoms with Crippen molar-refractivity contribution in [2.24, 2.45) is 0 Å². The second-order valence-corrected chi connectivity index (χ2v) is 18.3. The number of rotatable bonds is 23.